The summed E-state index contributed by atoms with van der Waals surface area (Å²) < 4.78 is 14.2. The third-order valence-corrected chi connectivity index (χ3v) is 20.4. The van der Waals surface area contributed by atoms with Crippen molar-refractivity contribution in [1.82, 2.24) is 0 Å². The van der Waals surface area contributed by atoms with Crippen LogP contribution in [-0.2, 0) is 0 Å². The van der Waals surface area contributed by atoms with E-state index in [9.17, 15) is 9.90 Å². The Morgan fingerprint density at radius 1 is 0.667 bits per heavy atom. The summed E-state index contributed by atoms with van der Waals surface area (Å²) in [5.41, 5.74) is 3.46. The molecule has 2 aromatic rings. The van der Waals surface area contributed by atoms with Crippen LogP contribution in [0.15, 0.2) is 24.3 Å². The van der Waals surface area contributed by atoms with Crippen LogP contribution >= 0.6 is 0 Å². The number of hydrogen-bond acceptors (Lipinski definition) is 3. The number of carboxylic acids is 1. The molecule has 0 aromatic heterocycles. The smallest absolute Gasteiger partial charge is 0.339 e. The van der Waals surface area contributed by atoms with Gasteiger partial charge in [-0.1, -0.05) is 101 Å². The highest BCUT2D eigenvalue weighted by Crippen LogP contribution is 2.49. The van der Waals surface area contributed by atoms with E-state index in [1.165, 1.54) is 0 Å². The second kappa shape index (κ2) is 11.3. The van der Waals surface area contributed by atoms with E-state index in [-0.39, 0.29) is 5.56 Å². The fraction of sp³-hybridized carbons (Fsp3) is 0.633. The third-order valence-electron chi connectivity index (χ3n) is 8.42. The summed E-state index contributed by atoms with van der Waals surface area (Å²) >= 11 is 0. The van der Waals surface area contributed by atoms with Gasteiger partial charge in [0.2, 0.25) is 0 Å². The molecule has 6 heteroatoms. The summed E-state index contributed by atoms with van der Waals surface area (Å²) in [4.78, 5) is 12.7. The Balaban J connectivity index is 2.97. The quantitative estimate of drug-likeness (QED) is 0.294. The first-order valence-electron chi connectivity index (χ1n) is 13.7. The molecular weight excluding hydrogens is 480 g/mol. The van der Waals surface area contributed by atoms with Crippen molar-refractivity contribution in [3.05, 3.63) is 35.4 Å². The van der Waals surface area contributed by atoms with E-state index in [0.717, 1.165) is 16.3 Å². The lowest BCUT2D eigenvalue weighted by molar-refractivity contribution is 0.0694. The zero-order chi connectivity index (χ0) is 27.7. The minimum Gasteiger partial charge on any atom is -0.542 e. The van der Waals surface area contributed by atoms with Gasteiger partial charge in [0.15, 0.2) is 0 Å². The van der Waals surface area contributed by atoms with E-state index < -0.39 is 22.6 Å². The highest BCUT2D eigenvalue weighted by molar-refractivity contribution is 6.79. The number of benzene rings is 2. The molecular formula is C30H50O4Si2. The Morgan fingerprint density at radius 3 is 1.47 bits per heavy atom. The maximum Gasteiger partial charge on any atom is 0.339 e. The first-order chi connectivity index (χ1) is 16.5. The van der Waals surface area contributed by atoms with Crippen LogP contribution in [-0.4, -0.2) is 27.7 Å². The van der Waals surface area contributed by atoms with Gasteiger partial charge in [0.25, 0.3) is 16.6 Å². The monoisotopic (exact) mass is 530 g/mol. The molecule has 202 valence electrons. The molecule has 1 N–H and O–H groups in total. The summed E-state index contributed by atoms with van der Waals surface area (Å²) in [5.74, 6) is 0.230. The van der Waals surface area contributed by atoms with Crippen molar-refractivity contribution in [2.45, 2.75) is 123 Å². The second-order valence-corrected chi connectivity index (χ2v) is 23.2. The zero-order valence-electron chi connectivity index (χ0n) is 24.9. The fourth-order valence-corrected chi connectivity index (χ4v) is 17.4. The van der Waals surface area contributed by atoms with Crippen LogP contribution in [0.4, 0.5) is 0 Å². The van der Waals surface area contributed by atoms with Crippen LogP contribution in [0.2, 0.25) is 33.2 Å². The molecule has 0 amide bonds. The summed E-state index contributed by atoms with van der Waals surface area (Å²) in [6.07, 6.45) is 0. The second-order valence-electron chi connectivity index (χ2n) is 12.4. The van der Waals surface area contributed by atoms with Gasteiger partial charge in [-0.15, -0.1) is 0 Å². The number of fused-ring (bicyclic) bond motifs is 1. The highest BCUT2D eigenvalue weighted by atomic mass is 28.4. The standard InChI is InChI=1S/C30H50O4Si2/c1-18(2)35(19(3)4,20(5)6)33-28-17-27(30(31)32)29(25-15-14-24(13)16-26(25)28)34-36(21(7)8,22(9)10)23(11)12/h14-23H,1-13H3,(H,31,32). The van der Waals surface area contributed by atoms with Crippen LogP contribution in [0.3, 0.4) is 0 Å². The van der Waals surface area contributed by atoms with Gasteiger partial charge in [0.05, 0.1) is 0 Å². The van der Waals surface area contributed by atoms with Crippen LogP contribution in [0.1, 0.15) is 99.0 Å². The summed E-state index contributed by atoms with van der Waals surface area (Å²) in [6.45, 7) is 28.9. The molecule has 0 saturated carbocycles. The van der Waals surface area contributed by atoms with Crippen LogP contribution in [0, 0.1) is 6.92 Å². The minimum atomic E-state index is -2.39. The highest BCUT2D eigenvalue weighted by Gasteiger charge is 2.49. The molecule has 4 nitrogen and oxygen atoms in total. The SMILES string of the molecule is Cc1ccc2c(O[Si](C(C)C)(C(C)C)C(C)C)c(C(=O)O)cc(O[Si](C(C)C)(C(C)C)C(C)C)c2c1. The van der Waals surface area contributed by atoms with Gasteiger partial charge < -0.3 is 14.0 Å². The van der Waals surface area contributed by atoms with E-state index in [2.05, 4.69) is 96.1 Å². The number of aromatic carboxylic acids is 1. The Labute approximate surface area is 222 Å². The van der Waals surface area contributed by atoms with Crippen LogP contribution in [0.5, 0.6) is 11.5 Å². The predicted molar refractivity (Wildman–Crippen MR) is 159 cm³/mol. The van der Waals surface area contributed by atoms with Crippen molar-refractivity contribution < 1.29 is 18.8 Å². The predicted octanol–water partition coefficient (Wildman–Crippen LogP) is 9.96. The van der Waals surface area contributed by atoms with Crippen molar-refractivity contribution in [2.24, 2.45) is 0 Å². The maximum atomic E-state index is 12.7. The van der Waals surface area contributed by atoms with Crippen LogP contribution < -0.4 is 8.85 Å². The molecule has 0 fully saturated rings. The lowest BCUT2D eigenvalue weighted by atomic mass is 10.0. The van der Waals surface area contributed by atoms with E-state index in [1.807, 2.05) is 12.1 Å². The molecule has 0 atom stereocenters. The van der Waals surface area contributed by atoms with Gasteiger partial charge in [-0.25, -0.2) is 4.79 Å². The van der Waals surface area contributed by atoms with Gasteiger partial charge in [0, 0.05) is 10.8 Å². The van der Waals surface area contributed by atoms with E-state index in [1.54, 1.807) is 6.07 Å². The number of aryl methyl sites for hydroxylation is 1. The van der Waals surface area contributed by atoms with E-state index in [4.69, 9.17) is 8.85 Å². The average Bonchev–Trinajstić information content (AvgIpc) is 2.74. The Morgan fingerprint density at radius 2 is 1.08 bits per heavy atom. The molecule has 0 aliphatic rings. The molecule has 2 rings (SSSR count). The first-order valence-corrected chi connectivity index (χ1v) is 18.0. The van der Waals surface area contributed by atoms with Gasteiger partial charge in [-0.05, 0) is 52.3 Å². The third kappa shape index (κ3) is 5.26. The van der Waals surface area contributed by atoms with Crippen molar-refractivity contribution in [2.75, 3.05) is 0 Å². The zero-order valence-corrected chi connectivity index (χ0v) is 26.9. The largest absolute Gasteiger partial charge is 0.542 e. The number of hydrogen-bond donors (Lipinski definition) is 1. The van der Waals surface area contributed by atoms with Crippen molar-refractivity contribution in [3.63, 3.8) is 0 Å². The number of carbonyl (C=O) groups is 1. The summed E-state index contributed by atoms with van der Waals surface area (Å²) in [6, 6.07) is 7.97. The fourth-order valence-electron chi connectivity index (χ4n) is 6.91. The van der Waals surface area contributed by atoms with Crippen molar-refractivity contribution >= 4 is 33.4 Å². The lowest BCUT2D eigenvalue weighted by Gasteiger charge is -2.44. The molecule has 0 unspecified atom stereocenters. The van der Waals surface area contributed by atoms with Gasteiger partial charge in [-0.2, -0.15) is 0 Å². The molecule has 0 spiro atoms. The molecule has 0 heterocycles. The molecule has 2 aromatic carbocycles. The maximum absolute atomic E-state index is 12.7. The molecule has 0 bridgehead atoms. The average molecular weight is 531 g/mol. The number of carboxylic acid groups (broad SMARTS) is 1. The van der Waals surface area contributed by atoms with E-state index in [0.29, 0.717) is 44.7 Å². The van der Waals surface area contributed by atoms with Gasteiger partial charge in [0.1, 0.15) is 17.1 Å². The van der Waals surface area contributed by atoms with Gasteiger partial charge >= 0.3 is 5.97 Å². The van der Waals surface area contributed by atoms with Crippen molar-refractivity contribution in [3.8, 4) is 11.5 Å². The molecule has 0 aliphatic carbocycles. The summed E-state index contributed by atoms with van der Waals surface area (Å²) in [7, 11) is -4.69. The van der Waals surface area contributed by atoms with Crippen molar-refractivity contribution in [1.29, 1.82) is 0 Å². The van der Waals surface area contributed by atoms with Crippen LogP contribution in [0.25, 0.3) is 10.8 Å². The first kappa shape index (κ1) is 30.4. The molecule has 0 radical (unpaired) electrons. The molecule has 36 heavy (non-hydrogen) atoms. The number of rotatable bonds is 11. The van der Waals surface area contributed by atoms with E-state index >= 15 is 0 Å². The van der Waals surface area contributed by atoms with Gasteiger partial charge in [-0.3, -0.25) is 0 Å². The lowest BCUT2D eigenvalue weighted by Crippen LogP contribution is -2.51. The normalized spacial score (nSPS) is 13.2. The Bertz CT molecular complexity index is 1030. The Kier molecular flexibility index (Phi) is 9.55. The molecule has 0 aliphatic heterocycles. The topological polar surface area (TPSA) is 55.8 Å². The molecule has 0 saturated heterocycles. The Hall–Kier alpha value is -1.80. The summed E-state index contributed by atoms with van der Waals surface area (Å²) in [5, 5.41) is 12.2. The minimum absolute atomic E-state index is 0.208.